The van der Waals surface area contributed by atoms with Gasteiger partial charge in [0.05, 0.1) is 5.39 Å². The molecule has 4 rings (SSSR count). The number of hydrogen-bond acceptors (Lipinski definition) is 6. The zero-order valence-electron chi connectivity index (χ0n) is 19.0. The Bertz CT molecular complexity index is 1220. The molecular formula is C22H22F6N6O3. The Morgan fingerprint density at radius 1 is 1.00 bits per heavy atom. The Morgan fingerprint density at radius 3 is 2.19 bits per heavy atom. The van der Waals surface area contributed by atoms with Crippen molar-refractivity contribution in [3.8, 4) is 0 Å². The summed E-state index contributed by atoms with van der Waals surface area (Å²) in [5.41, 5.74) is 1.56. The summed E-state index contributed by atoms with van der Waals surface area (Å²) in [6, 6.07) is 8.61. The molecular weight excluding hydrogens is 510 g/mol. The van der Waals surface area contributed by atoms with Crippen LogP contribution in [0.3, 0.4) is 0 Å². The van der Waals surface area contributed by atoms with Crippen molar-refractivity contribution < 1.29 is 41.0 Å². The van der Waals surface area contributed by atoms with E-state index in [1.54, 1.807) is 36.5 Å². The van der Waals surface area contributed by atoms with Crippen LogP contribution in [0.4, 0.5) is 43.8 Å². The van der Waals surface area contributed by atoms with Crippen LogP contribution in [-0.2, 0) is 4.79 Å². The van der Waals surface area contributed by atoms with Gasteiger partial charge in [-0.05, 0) is 43.2 Å². The standard InChI is InChI=1S/C20H21F3N6O.C2HF3O2/c21-20(22,23)11-25-17-15-9-10-24-16(15)28-19(29-17)27-14-7-5-12(6-8-14)18(30)26-13-3-1-2-4-13;3-2(4,5)1(6)7/h5-10,13H,1-4,11H2,(H,26,30)(H3,24,25,27,28,29);(H,6,7). The summed E-state index contributed by atoms with van der Waals surface area (Å²) >= 11 is 0. The topological polar surface area (TPSA) is 132 Å². The number of nitrogens with zero attached hydrogens (tertiary/aromatic N) is 2. The zero-order chi connectivity index (χ0) is 27.2. The zero-order valence-corrected chi connectivity index (χ0v) is 19.0. The van der Waals surface area contributed by atoms with Crippen molar-refractivity contribution in [2.45, 2.75) is 44.1 Å². The number of H-pyrrole nitrogens is 1. The van der Waals surface area contributed by atoms with Crippen molar-refractivity contribution in [1.29, 1.82) is 0 Å². The number of carboxylic acids is 1. The number of carbonyl (C=O) groups excluding carboxylic acids is 1. The fourth-order valence-corrected chi connectivity index (χ4v) is 3.49. The van der Waals surface area contributed by atoms with E-state index in [0.29, 0.717) is 22.3 Å². The number of amides is 1. The number of alkyl halides is 6. The van der Waals surface area contributed by atoms with E-state index >= 15 is 0 Å². The van der Waals surface area contributed by atoms with Gasteiger partial charge in [-0.2, -0.15) is 36.3 Å². The molecule has 200 valence electrons. The summed E-state index contributed by atoms with van der Waals surface area (Å²) in [7, 11) is 0. The molecule has 0 saturated heterocycles. The van der Waals surface area contributed by atoms with Crippen molar-refractivity contribution in [2.24, 2.45) is 0 Å². The third-order valence-electron chi connectivity index (χ3n) is 5.21. The minimum absolute atomic E-state index is 0.0774. The minimum atomic E-state index is -5.08. The minimum Gasteiger partial charge on any atom is -0.475 e. The van der Waals surface area contributed by atoms with Gasteiger partial charge in [0.25, 0.3) is 5.91 Å². The maximum absolute atomic E-state index is 12.6. The molecule has 1 aromatic carbocycles. The van der Waals surface area contributed by atoms with E-state index in [-0.39, 0.29) is 23.7 Å². The number of aromatic amines is 1. The van der Waals surface area contributed by atoms with Crippen LogP contribution in [0, 0.1) is 0 Å². The van der Waals surface area contributed by atoms with Crippen molar-refractivity contribution in [1.82, 2.24) is 20.3 Å². The molecule has 1 fully saturated rings. The van der Waals surface area contributed by atoms with Crippen LogP contribution < -0.4 is 16.0 Å². The summed E-state index contributed by atoms with van der Waals surface area (Å²) < 4.78 is 69.5. The third kappa shape index (κ3) is 8.25. The molecule has 1 aliphatic rings. The van der Waals surface area contributed by atoms with Crippen LogP contribution in [0.5, 0.6) is 0 Å². The molecule has 0 spiro atoms. The molecule has 0 unspecified atom stereocenters. The average molecular weight is 532 g/mol. The van der Waals surface area contributed by atoms with E-state index in [0.717, 1.165) is 25.7 Å². The summed E-state index contributed by atoms with van der Waals surface area (Å²) in [6.45, 7) is -1.20. The molecule has 5 N–H and O–H groups in total. The molecule has 1 amide bonds. The summed E-state index contributed by atoms with van der Waals surface area (Å²) in [5.74, 6) is -2.66. The normalized spacial score (nSPS) is 14.1. The Morgan fingerprint density at radius 2 is 1.62 bits per heavy atom. The second kappa shape index (κ2) is 11.3. The Hall–Kier alpha value is -4.04. The number of aromatic nitrogens is 3. The van der Waals surface area contributed by atoms with Crippen molar-refractivity contribution >= 4 is 40.4 Å². The first kappa shape index (κ1) is 27.5. The maximum Gasteiger partial charge on any atom is 0.490 e. The van der Waals surface area contributed by atoms with E-state index in [4.69, 9.17) is 9.90 Å². The quantitative estimate of drug-likeness (QED) is 0.283. The number of aliphatic carboxylic acids is 1. The smallest absolute Gasteiger partial charge is 0.475 e. The lowest BCUT2D eigenvalue weighted by molar-refractivity contribution is -0.192. The predicted octanol–water partition coefficient (Wildman–Crippen LogP) is 4.98. The van der Waals surface area contributed by atoms with E-state index in [1.165, 1.54) is 0 Å². The van der Waals surface area contributed by atoms with Gasteiger partial charge in [-0.3, -0.25) is 4.79 Å². The lowest BCUT2D eigenvalue weighted by Gasteiger charge is -2.13. The highest BCUT2D eigenvalue weighted by molar-refractivity contribution is 5.95. The highest BCUT2D eigenvalue weighted by Gasteiger charge is 2.38. The number of nitrogens with one attached hydrogen (secondary N) is 4. The molecule has 0 atom stereocenters. The van der Waals surface area contributed by atoms with E-state index in [9.17, 15) is 31.1 Å². The number of halogens is 6. The first-order valence-electron chi connectivity index (χ1n) is 11.0. The molecule has 37 heavy (non-hydrogen) atoms. The number of carbonyl (C=O) groups is 2. The van der Waals surface area contributed by atoms with Gasteiger partial charge >= 0.3 is 18.3 Å². The Kier molecular flexibility index (Phi) is 8.45. The number of benzene rings is 1. The van der Waals surface area contributed by atoms with E-state index < -0.39 is 24.9 Å². The van der Waals surface area contributed by atoms with E-state index in [2.05, 4.69) is 30.9 Å². The van der Waals surface area contributed by atoms with Crippen LogP contribution in [0.15, 0.2) is 36.5 Å². The van der Waals surface area contributed by atoms with Gasteiger partial charge in [0, 0.05) is 23.5 Å². The third-order valence-corrected chi connectivity index (χ3v) is 5.21. The molecule has 0 aliphatic heterocycles. The number of rotatable bonds is 6. The largest absolute Gasteiger partial charge is 0.490 e. The first-order valence-corrected chi connectivity index (χ1v) is 11.0. The lowest BCUT2D eigenvalue weighted by Crippen LogP contribution is -2.32. The Labute approximate surface area is 205 Å². The van der Waals surface area contributed by atoms with Gasteiger partial charge in [0.15, 0.2) is 0 Å². The molecule has 1 saturated carbocycles. The van der Waals surface area contributed by atoms with Gasteiger partial charge < -0.3 is 26.0 Å². The summed E-state index contributed by atoms with van der Waals surface area (Å²) in [5, 5.41) is 15.9. The maximum atomic E-state index is 12.6. The van der Waals surface area contributed by atoms with Crippen molar-refractivity contribution in [3.63, 3.8) is 0 Å². The van der Waals surface area contributed by atoms with Crippen molar-refractivity contribution in [2.75, 3.05) is 17.2 Å². The van der Waals surface area contributed by atoms with Gasteiger partial charge in [-0.15, -0.1) is 0 Å². The molecule has 0 radical (unpaired) electrons. The fourth-order valence-electron chi connectivity index (χ4n) is 3.49. The van der Waals surface area contributed by atoms with Gasteiger partial charge in [0.2, 0.25) is 5.95 Å². The average Bonchev–Trinajstić information content (AvgIpc) is 3.49. The number of carboxylic acid groups (broad SMARTS) is 1. The number of anilines is 3. The van der Waals surface area contributed by atoms with Crippen LogP contribution in [0.1, 0.15) is 36.0 Å². The van der Waals surface area contributed by atoms with Crippen LogP contribution >= 0.6 is 0 Å². The predicted molar refractivity (Wildman–Crippen MR) is 122 cm³/mol. The highest BCUT2D eigenvalue weighted by Crippen LogP contribution is 2.25. The molecule has 2 aromatic heterocycles. The van der Waals surface area contributed by atoms with Gasteiger partial charge in [-0.1, -0.05) is 12.8 Å². The molecule has 1 aliphatic carbocycles. The van der Waals surface area contributed by atoms with Gasteiger partial charge in [0.1, 0.15) is 18.0 Å². The monoisotopic (exact) mass is 532 g/mol. The molecule has 9 nitrogen and oxygen atoms in total. The number of hydrogen-bond donors (Lipinski definition) is 5. The summed E-state index contributed by atoms with van der Waals surface area (Å²) in [4.78, 5) is 32.5. The highest BCUT2D eigenvalue weighted by atomic mass is 19.4. The second-order valence-electron chi connectivity index (χ2n) is 8.06. The molecule has 15 heteroatoms. The Balaban J connectivity index is 0.000000479. The van der Waals surface area contributed by atoms with Crippen LogP contribution in [-0.4, -0.2) is 56.9 Å². The molecule has 0 bridgehead atoms. The lowest BCUT2D eigenvalue weighted by atomic mass is 10.1. The second-order valence-corrected chi connectivity index (χ2v) is 8.06. The SMILES string of the molecule is O=C(NC1CCCC1)c1ccc(Nc2nc(NCC(F)(F)F)c3cc[nH]c3n2)cc1.O=C(O)C(F)(F)F. The van der Waals surface area contributed by atoms with Crippen molar-refractivity contribution in [3.05, 3.63) is 42.1 Å². The van der Waals surface area contributed by atoms with Crippen LogP contribution in [0.25, 0.3) is 11.0 Å². The first-order chi connectivity index (χ1) is 17.3. The van der Waals surface area contributed by atoms with Gasteiger partial charge in [-0.25, -0.2) is 4.79 Å². The van der Waals surface area contributed by atoms with E-state index in [1.807, 2.05) is 0 Å². The summed E-state index contributed by atoms with van der Waals surface area (Å²) in [6.07, 6.45) is -3.57. The van der Waals surface area contributed by atoms with Crippen LogP contribution in [0.2, 0.25) is 0 Å². The number of fused-ring (bicyclic) bond motifs is 1. The fraction of sp³-hybridized carbons (Fsp3) is 0.364. The molecule has 2 heterocycles. The molecule has 3 aromatic rings.